The minimum Gasteiger partial charge on any atom is -0.291 e. The van der Waals surface area contributed by atoms with Crippen molar-refractivity contribution >= 4 is 32.8 Å². The Balaban J connectivity index is 1.62. The molecule has 0 saturated carbocycles. The first kappa shape index (κ1) is 19.9. The van der Waals surface area contributed by atoms with Gasteiger partial charge in [0.15, 0.2) is 5.69 Å². The summed E-state index contributed by atoms with van der Waals surface area (Å²) >= 11 is 1.32. The van der Waals surface area contributed by atoms with Crippen LogP contribution in [0.15, 0.2) is 79.9 Å². The van der Waals surface area contributed by atoms with E-state index in [0.717, 1.165) is 11.3 Å². The Morgan fingerprint density at radius 3 is 2.43 bits per heavy atom. The van der Waals surface area contributed by atoms with Gasteiger partial charge < -0.3 is 0 Å². The summed E-state index contributed by atoms with van der Waals surface area (Å²) in [5.41, 5.74) is 2.26. The minimum absolute atomic E-state index is 0.116. The van der Waals surface area contributed by atoms with Crippen LogP contribution >= 0.6 is 11.3 Å². The number of hydrogen-bond acceptors (Lipinski definition) is 7. The Labute approximate surface area is 175 Å². The molecule has 2 N–H and O–H groups in total. The van der Waals surface area contributed by atoms with Gasteiger partial charge >= 0.3 is 5.56 Å². The number of azo groups is 1. The topological polar surface area (TPSA) is 130 Å². The fourth-order valence-electron chi connectivity index (χ4n) is 2.69. The molecule has 0 amide bonds. The van der Waals surface area contributed by atoms with Gasteiger partial charge in [0.2, 0.25) is 5.13 Å². The maximum atomic E-state index is 12.8. The van der Waals surface area contributed by atoms with Gasteiger partial charge in [-0.2, -0.15) is 18.2 Å². The number of nitrogens with one attached hydrogen (secondary N) is 1. The van der Waals surface area contributed by atoms with Crippen molar-refractivity contribution in [2.75, 3.05) is 0 Å². The maximum Gasteiger partial charge on any atom is 0.301 e. The van der Waals surface area contributed by atoms with Gasteiger partial charge in [-0.05, 0) is 31.2 Å². The van der Waals surface area contributed by atoms with Crippen molar-refractivity contribution < 1.29 is 13.0 Å². The average molecular weight is 441 g/mol. The second kappa shape index (κ2) is 7.78. The molecule has 30 heavy (non-hydrogen) atoms. The van der Waals surface area contributed by atoms with E-state index >= 15 is 0 Å². The molecule has 11 heteroatoms. The highest BCUT2D eigenvalue weighted by atomic mass is 32.2. The van der Waals surface area contributed by atoms with Crippen molar-refractivity contribution in [3.8, 4) is 16.4 Å². The SMILES string of the molecule is Cc1[nH]n(-c2nc(-c3ccccc3)cs2)c(=O)c1N=Nc1ccc(S(=O)(=O)O)cc1. The van der Waals surface area contributed by atoms with E-state index in [9.17, 15) is 13.2 Å². The lowest BCUT2D eigenvalue weighted by atomic mass is 10.2. The van der Waals surface area contributed by atoms with Crippen LogP contribution in [-0.4, -0.2) is 27.7 Å². The van der Waals surface area contributed by atoms with Crippen molar-refractivity contribution in [3.63, 3.8) is 0 Å². The van der Waals surface area contributed by atoms with Crippen LogP contribution in [0.25, 0.3) is 16.4 Å². The van der Waals surface area contributed by atoms with E-state index in [4.69, 9.17) is 4.55 Å². The van der Waals surface area contributed by atoms with Crippen molar-refractivity contribution in [1.29, 1.82) is 0 Å². The van der Waals surface area contributed by atoms with Gasteiger partial charge in [-0.3, -0.25) is 14.4 Å². The third-order valence-corrected chi connectivity index (χ3v) is 5.89. The molecular weight excluding hydrogens is 426 g/mol. The zero-order valence-electron chi connectivity index (χ0n) is 15.6. The standard InChI is InChI=1S/C19H15N5O4S2/c1-12-17(22-21-14-7-9-15(10-8-14)30(26,27)28)18(25)24(23-12)19-20-16(11-29-19)13-5-3-2-4-6-13/h2-11,23H,1H3,(H,26,27,28). The van der Waals surface area contributed by atoms with Crippen LogP contribution < -0.4 is 5.56 Å². The molecule has 4 rings (SSSR count). The molecule has 2 aromatic carbocycles. The molecule has 0 fully saturated rings. The van der Waals surface area contributed by atoms with Crippen molar-refractivity contribution in [3.05, 3.63) is 76.0 Å². The number of H-pyrrole nitrogens is 1. The number of rotatable bonds is 5. The lowest BCUT2D eigenvalue weighted by Gasteiger charge is -1.96. The molecule has 0 saturated heterocycles. The Hall–Kier alpha value is -3.41. The molecule has 0 spiro atoms. The van der Waals surface area contributed by atoms with E-state index in [1.54, 1.807) is 6.92 Å². The van der Waals surface area contributed by atoms with Gasteiger partial charge in [0, 0.05) is 10.9 Å². The van der Waals surface area contributed by atoms with Gasteiger partial charge in [-0.1, -0.05) is 30.3 Å². The van der Waals surface area contributed by atoms with Crippen molar-refractivity contribution in [2.24, 2.45) is 10.2 Å². The molecule has 0 aliphatic heterocycles. The summed E-state index contributed by atoms with van der Waals surface area (Å²) in [6.45, 7) is 1.69. The number of aromatic nitrogens is 3. The van der Waals surface area contributed by atoms with Crippen LogP contribution in [0, 0.1) is 6.92 Å². The van der Waals surface area contributed by atoms with E-state index in [-0.39, 0.29) is 10.6 Å². The molecule has 9 nitrogen and oxygen atoms in total. The van der Waals surface area contributed by atoms with E-state index in [0.29, 0.717) is 16.5 Å². The van der Waals surface area contributed by atoms with Crippen LogP contribution in [0.5, 0.6) is 0 Å². The van der Waals surface area contributed by atoms with Crippen LogP contribution in [-0.2, 0) is 10.1 Å². The fraction of sp³-hybridized carbons (Fsp3) is 0.0526. The first-order chi connectivity index (χ1) is 14.3. The van der Waals surface area contributed by atoms with Crippen LogP contribution in [0.1, 0.15) is 5.69 Å². The first-order valence-corrected chi connectivity index (χ1v) is 11.0. The summed E-state index contributed by atoms with van der Waals surface area (Å²) < 4.78 is 32.5. The van der Waals surface area contributed by atoms with Crippen molar-refractivity contribution in [1.82, 2.24) is 14.8 Å². The van der Waals surface area contributed by atoms with E-state index in [1.165, 1.54) is 40.3 Å². The Morgan fingerprint density at radius 1 is 1.07 bits per heavy atom. The van der Waals surface area contributed by atoms with E-state index in [1.807, 2.05) is 35.7 Å². The smallest absolute Gasteiger partial charge is 0.291 e. The molecule has 0 unspecified atom stereocenters. The third-order valence-electron chi connectivity index (χ3n) is 4.19. The van der Waals surface area contributed by atoms with E-state index in [2.05, 4.69) is 20.3 Å². The Morgan fingerprint density at radius 2 is 1.77 bits per heavy atom. The minimum atomic E-state index is -4.28. The zero-order valence-corrected chi connectivity index (χ0v) is 17.2. The van der Waals surface area contributed by atoms with Gasteiger partial charge in [0.25, 0.3) is 10.1 Å². The highest BCUT2D eigenvalue weighted by molar-refractivity contribution is 7.85. The summed E-state index contributed by atoms with van der Waals surface area (Å²) in [5, 5.41) is 13.3. The maximum absolute atomic E-state index is 12.8. The number of aryl methyl sites for hydroxylation is 1. The van der Waals surface area contributed by atoms with Gasteiger partial charge in [-0.15, -0.1) is 16.5 Å². The predicted molar refractivity (Wildman–Crippen MR) is 113 cm³/mol. The number of nitrogens with zero attached hydrogens (tertiary/aromatic N) is 4. The second-order valence-corrected chi connectivity index (χ2v) is 8.53. The van der Waals surface area contributed by atoms with Gasteiger partial charge in [-0.25, -0.2) is 4.98 Å². The van der Waals surface area contributed by atoms with Crippen molar-refractivity contribution in [2.45, 2.75) is 11.8 Å². The van der Waals surface area contributed by atoms with E-state index < -0.39 is 15.7 Å². The van der Waals surface area contributed by atoms with Crippen LogP contribution in [0.3, 0.4) is 0 Å². The highest BCUT2D eigenvalue weighted by Gasteiger charge is 2.15. The molecule has 0 radical (unpaired) electrons. The Bertz CT molecular complexity index is 1380. The summed E-state index contributed by atoms with van der Waals surface area (Å²) in [6, 6.07) is 14.8. The Kier molecular flexibility index (Phi) is 5.16. The summed E-state index contributed by atoms with van der Waals surface area (Å²) in [7, 11) is -4.28. The first-order valence-electron chi connectivity index (χ1n) is 8.65. The van der Waals surface area contributed by atoms with Crippen LogP contribution in [0.2, 0.25) is 0 Å². The quantitative estimate of drug-likeness (QED) is 0.353. The number of benzene rings is 2. The molecule has 0 aliphatic rings. The summed E-state index contributed by atoms with van der Waals surface area (Å²) in [4.78, 5) is 17.0. The molecule has 2 heterocycles. The molecule has 0 aliphatic carbocycles. The average Bonchev–Trinajstić information content (AvgIpc) is 3.32. The molecule has 0 atom stereocenters. The predicted octanol–water partition coefficient (Wildman–Crippen LogP) is 4.26. The fourth-order valence-corrected chi connectivity index (χ4v) is 3.96. The second-order valence-electron chi connectivity index (χ2n) is 6.28. The number of hydrogen-bond donors (Lipinski definition) is 2. The summed E-state index contributed by atoms with van der Waals surface area (Å²) in [6.07, 6.45) is 0. The largest absolute Gasteiger partial charge is 0.301 e. The monoisotopic (exact) mass is 441 g/mol. The van der Waals surface area contributed by atoms with Crippen LogP contribution in [0.4, 0.5) is 11.4 Å². The molecular formula is C19H15N5O4S2. The molecule has 152 valence electrons. The molecule has 2 aromatic heterocycles. The lowest BCUT2D eigenvalue weighted by Crippen LogP contribution is -2.13. The highest BCUT2D eigenvalue weighted by Crippen LogP contribution is 2.25. The normalized spacial score (nSPS) is 11.9. The van der Waals surface area contributed by atoms with Gasteiger partial charge in [0.05, 0.1) is 22.0 Å². The third kappa shape index (κ3) is 3.99. The summed E-state index contributed by atoms with van der Waals surface area (Å²) in [5.74, 6) is 0. The van der Waals surface area contributed by atoms with Gasteiger partial charge in [0.1, 0.15) is 0 Å². The lowest BCUT2D eigenvalue weighted by molar-refractivity contribution is 0.483. The molecule has 4 aromatic rings. The zero-order chi connectivity index (χ0) is 21.3. The number of aromatic amines is 1. The molecule has 0 bridgehead atoms. The number of thiazole rings is 1.